The van der Waals surface area contributed by atoms with Gasteiger partial charge in [-0.1, -0.05) is 14.0 Å². The van der Waals surface area contributed by atoms with E-state index in [0.717, 1.165) is 5.41 Å². The molecular formula is C7H17NO2S. The summed E-state index contributed by atoms with van der Waals surface area (Å²) in [5, 5.41) is 0.901. The van der Waals surface area contributed by atoms with Crippen LogP contribution in [0.2, 0.25) is 0 Å². The van der Waals surface area contributed by atoms with Crippen molar-refractivity contribution in [3.8, 4) is 0 Å². The lowest BCUT2D eigenvalue weighted by atomic mass is 10.1. The normalized spacial score (nSPS) is 11.9. The van der Waals surface area contributed by atoms with E-state index in [2.05, 4.69) is 11.3 Å². The van der Waals surface area contributed by atoms with Crippen molar-refractivity contribution in [2.75, 3.05) is 0 Å². The van der Waals surface area contributed by atoms with Gasteiger partial charge in [-0.2, -0.15) is 0 Å². The molecule has 0 fully saturated rings. The summed E-state index contributed by atoms with van der Waals surface area (Å²) in [6.45, 7) is 8.48. The fourth-order valence-corrected chi connectivity index (χ4v) is 1.41. The lowest BCUT2D eigenvalue weighted by Gasteiger charge is -2.18. The lowest BCUT2D eigenvalue weighted by molar-refractivity contribution is 0.496. The summed E-state index contributed by atoms with van der Waals surface area (Å²) in [5.74, 6) is 0. The van der Waals surface area contributed by atoms with E-state index in [1.165, 1.54) is 0 Å². The van der Waals surface area contributed by atoms with Gasteiger partial charge in [0.2, 0.25) is 10.0 Å². The van der Waals surface area contributed by atoms with Crippen molar-refractivity contribution >= 4 is 10.0 Å². The van der Waals surface area contributed by atoms with Crippen LogP contribution in [0.1, 0.15) is 28.2 Å². The van der Waals surface area contributed by atoms with Gasteiger partial charge in [-0.15, -0.1) is 0 Å². The Morgan fingerprint density at radius 2 is 1.73 bits per heavy atom. The Morgan fingerprint density at radius 3 is 1.82 bits per heavy atom. The van der Waals surface area contributed by atoms with Crippen LogP contribution in [-0.4, -0.2) is 14.0 Å². The maximum absolute atomic E-state index is 10.8. The summed E-state index contributed by atoms with van der Waals surface area (Å²) in [7, 11) is -3.26. The van der Waals surface area contributed by atoms with E-state index < -0.39 is 15.6 Å². The highest BCUT2D eigenvalue weighted by Gasteiger charge is 2.15. The topological polar surface area (TPSA) is 46.2 Å². The molecule has 1 N–H and O–H groups in total. The molecule has 0 atom stereocenters. The van der Waals surface area contributed by atoms with E-state index in [0.29, 0.717) is 0 Å². The molecule has 0 heterocycles. The molecule has 0 aromatic rings. The first-order valence-corrected chi connectivity index (χ1v) is 4.48. The van der Waals surface area contributed by atoms with Crippen molar-refractivity contribution < 1.29 is 8.42 Å². The first-order chi connectivity index (χ1) is 4.27. The van der Waals surface area contributed by atoms with Crippen LogP contribution in [0, 0.1) is 0 Å². The summed E-state index contributed by atoms with van der Waals surface area (Å²) >= 11 is 0. The predicted octanol–water partition coefficient (Wildman–Crippen LogP) is 1.48. The molecule has 0 rings (SSSR count). The third-order valence-corrected chi connectivity index (χ3v) is 2.00. The number of hydrogen-bond acceptors (Lipinski definition) is 2. The minimum Gasteiger partial charge on any atom is -0.208 e. The van der Waals surface area contributed by atoms with Gasteiger partial charge in [0.05, 0.1) is 0 Å². The Labute approximate surface area is 69.6 Å². The molecule has 0 aromatic carbocycles. The van der Waals surface area contributed by atoms with Crippen LogP contribution >= 0.6 is 0 Å². The number of nitrogens with one attached hydrogen (secondary N) is 1. The van der Waals surface area contributed by atoms with Gasteiger partial charge in [-0.05, 0) is 20.8 Å². The van der Waals surface area contributed by atoms with Crippen molar-refractivity contribution in [3.63, 3.8) is 0 Å². The zero-order chi connectivity index (χ0) is 8.41. The SMILES string of the molecule is C.C=CS(=O)(=O)NC(C)(C)C. The Hall–Kier alpha value is -0.350. The van der Waals surface area contributed by atoms with Gasteiger partial charge in [0.25, 0.3) is 0 Å². The molecule has 0 bridgehead atoms. The third kappa shape index (κ3) is 7.55. The highest BCUT2D eigenvalue weighted by atomic mass is 32.2. The monoisotopic (exact) mass is 179 g/mol. The van der Waals surface area contributed by atoms with E-state index in [-0.39, 0.29) is 7.43 Å². The highest BCUT2D eigenvalue weighted by Crippen LogP contribution is 2.01. The molecule has 0 spiro atoms. The largest absolute Gasteiger partial charge is 0.233 e. The molecule has 11 heavy (non-hydrogen) atoms. The second-order valence-corrected chi connectivity index (χ2v) is 4.69. The maximum Gasteiger partial charge on any atom is 0.233 e. The molecule has 3 nitrogen and oxygen atoms in total. The fraction of sp³-hybridized carbons (Fsp3) is 0.714. The smallest absolute Gasteiger partial charge is 0.208 e. The van der Waals surface area contributed by atoms with E-state index in [1.807, 2.05) is 0 Å². The van der Waals surface area contributed by atoms with Crippen molar-refractivity contribution in [1.82, 2.24) is 4.72 Å². The van der Waals surface area contributed by atoms with Crippen LogP contribution in [0.5, 0.6) is 0 Å². The Balaban J connectivity index is 0. The molecule has 0 radical (unpaired) electrons. The predicted molar refractivity (Wildman–Crippen MR) is 48.7 cm³/mol. The zero-order valence-corrected chi connectivity index (χ0v) is 7.33. The minimum absolute atomic E-state index is 0. The fourth-order valence-electron chi connectivity index (χ4n) is 0.468. The Kier molecular flexibility index (Phi) is 4.67. The van der Waals surface area contributed by atoms with Crippen LogP contribution in [-0.2, 0) is 10.0 Å². The van der Waals surface area contributed by atoms with E-state index >= 15 is 0 Å². The molecular weight excluding hydrogens is 162 g/mol. The van der Waals surface area contributed by atoms with Crippen LogP contribution in [0.15, 0.2) is 12.0 Å². The second kappa shape index (κ2) is 3.88. The van der Waals surface area contributed by atoms with Crippen LogP contribution in [0.4, 0.5) is 0 Å². The van der Waals surface area contributed by atoms with Crippen molar-refractivity contribution in [2.24, 2.45) is 0 Å². The van der Waals surface area contributed by atoms with Gasteiger partial charge in [0.15, 0.2) is 0 Å². The summed E-state index contributed by atoms with van der Waals surface area (Å²) in [4.78, 5) is 0. The van der Waals surface area contributed by atoms with Gasteiger partial charge in [0.1, 0.15) is 0 Å². The molecule has 0 unspecified atom stereocenters. The standard InChI is InChI=1S/C6H13NO2S.CH4/c1-5-10(8,9)7-6(2,3)4;/h5,7H,1H2,2-4H3;1H4. The van der Waals surface area contributed by atoms with Gasteiger partial charge < -0.3 is 0 Å². The summed E-state index contributed by atoms with van der Waals surface area (Å²) in [6, 6.07) is 0. The number of hydrogen-bond donors (Lipinski definition) is 1. The second-order valence-electron chi connectivity index (χ2n) is 3.06. The minimum atomic E-state index is -3.26. The van der Waals surface area contributed by atoms with Crippen LogP contribution in [0.3, 0.4) is 0 Å². The van der Waals surface area contributed by atoms with Gasteiger partial charge in [-0.3, -0.25) is 0 Å². The number of rotatable bonds is 2. The summed E-state index contributed by atoms with van der Waals surface area (Å²) < 4.78 is 24.0. The highest BCUT2D eigenvalue weighted by molar-refractivity contribution is 7.92. The molecule has 0 aromatic heterocycles. The van der Waals surface area contributed by atoms with Gasteiger partial charge in [-0.25, -0.2) is 13.1 Å². The maximum atomic E-state index is 10.8. The summed E-state index contributed by atoms with van der Waals surface area (Å²) in [5.41, 5.74) is -0.424. The first-order valence-electron chi connectivity index (χ1n) is 2.93. The molecule has 4 heteroatoms. The lowest BCUT2D eigenvalue weighted by Crippen LogP contribution is -2.39. The average Bonchev–Trinajstić information content (AvgIpc) is 1.60. The van der Waals surface area contributed by atoms with Crippen LogP contribution < -0.4 is 4.72 Å². The van der Waals surface area contributed by atoms with E-state index in [9.17, 15) is 8.42 Å². The van der Waals surface area contributed by atoms with Crippen LogP contribution in [0.25, 0.3) is 0 Å². The summed E-state index contributed by atoms with van der Waals surface area (Å²) in [6.07, 6.45) is 0. The number of sulfonamides is 1. The molecule has 0 aliphatic carbocycles. The van der Waals surface area contributed by atoms with Gasteiger partial charge in [0, 0.05) is 10.9 Å². The van der Waals surface area contributed by atoms with Crippen molar-refractivity contribution in [3.05, 3.63) is 12.0 Å². The van der Waals surface area contributed by atoms with Crippen molar-refractivity contribution in [2.45, 2.75) is 33.7 Å². The Morgan fingerprint density at radius 1 is 1.36 bits per heavy atom. The zero-order valence-electron chi connectivity index (χ0n) is 6.51. The quantitative estimate of drug-likeness (QED) is 0.698. The third-order valence-electron chi connectivity index (χ3n) is 0.668. The van der Waals surface area contributed by atoms with E-state index in [1.54, 1.807) is 20.8 Å². The first kappa shape index (κ1) is 13.3. The average molecular weight is 179 g/mol. The van der Waals surface area contributed by atoms with Crippen molar-refractivity contribution in [1.29, 1.82) is 0 Å². The molecule has 0 amide bonds. The van der Waals surface area contributed by atoms with Gasteiger partial charge >= 0.3 is 0 Å². The molecule has 68 valence electrons. The molecule has 0 aliphatic heterocycles. The molecule has 0 aliphatic rings. The Bertz CT molecular complexity index is 211. The molecule has 0 saturated carbocycles. The van der Waals surface area contributed by atoms with E-state index in [4.69, 9.17) is 0 Å². The molecule has 0 saturated heterocycles.